The Morgan fingerprint density at radius 3 is 2.21 bits per heavy atom. The lowest BCUT2D eigenvalue weighted by atomic mass is 10.1. The highest BCUT2D eigenvalue weighted by Crippen LogP contribution is 2.29. The van der Waals surface area contributed by atoms with E-state index in [1.54, 1.807) is 43.4 Å². The predicted octanol–water partition coefficient (Wildman–Crippen LogP) is 3.55. The molecule has 0 aliphatic heterocycles. The zero-order valence-corrected chi connectivity index (χ0v) is 16.7. The van der Waals surface area contributed by atoms with Gasteiger partial charge in [-0.1, -0.05) is 26.0 Å². The Bertz CT molecular complexity index is 805. The van der Waals surface area contributed by atoms with E-state index >= 15 is 0 Å². The zero-order valence-electron chi connectivity index (χ0n) is 16.7. The quantitative estimate of drug-likeness (QED) is 0.657. The van der Waals surface area contributed by atoms with Gasteiger partial charge in [0.15, 0.2) is 11.5 Å². The molecule has 150 valence electrons. The third-order valence-electron chi connectivity index (χ3n) is 4.00. The van der Waals surface area contributed by atoms with E-state index in [0.29, 0.717) is 42.4 Å². The first kappa shape index (κ1) is 21.3. The minimum Gasteiger partial charge on any atom is -0.490 e. The van der Waals surface area contributed by atoms with Crippen LogP contribution < -0.4 is 20.1 Å². The van der Waals surface area contributed by atoms with Crippen molar-refractivity contribution in [3.63, 3.8) is 0 Å². The predicted molar refractivity (Wildman–Crippen MR) is 109 cm³/mol. The van der Waals surface area contributed by atoms with Crippen LogP contribution in [0.2, 0.25) is 0 Å². The van der Waals surface area contributed by atoms with Crippen molar-refractivity contribution in [2.24, 2.45) is 0 Å². The van der Waals surface area contributed by atoms with Gasteiger partial charge in [0.25, 0.3) is 11.8 Å². The van der Waals surface area contributed by atoms with Crippen LogP contribution in [0.25, 0.3) is 0 Å². The van der Waals surface area contributed by atoms with Gasteiger partial charge in [-0.15, -0.1) is 0 Å². The smallest absolute Gasteiger partial charge is 0.251 e. The molecule has 2 aromatic carbocycles. The summed E-state index contributed by atoms with van der Waals surface area (Å²) in [5, 5.41) is 5.47. The normalized spacial score (nSPS) is 10.2. The van der Waals surface area contributed by atoms with Gasteiger partial charge in [-0.05, 0) is 48.7 Å². The van der Waals surface area contributed by atoms with Gasteiger partial charge in [-0.3, -0.25) is 9.59 Å². The highest BCUT2D eigenvalue weighted by Gasteiger charge is 2.12. The summed E-state index contributed by atoms with van der Waals surface area (Å²) in [4.78, 5) is 24.3. The van der Waals surface area contributed by atoms with Crippen molar-refractivity contribution in [3.8, 4) is 11.5 Å². The number of carbonyl (C=O) groups is 2. The number of nitrogens with one attached hydrogen (secondary N) is 2. The number of hydrogen-bond donors (Lipinski definition) is 2. The highest BCUT2D eigenvalue weighted by molar-refractivity contribution is 5.95. The minimum absolute atomic E-state index is 0.159. The number of benzene rings is 2. The third kappa shape index (κ3) is 6.01. The maximum absolute atomic E-state index is 12.6. The van der Waals surface area contributed by atoms with Gasteiger partial charge >= 0.3 is 0 Å². The van der Waals surface area contributed by atoms with E-state index in [9.17, 15) is 9.59 Å². The van der Waals surface area contributed by atoms with E-state index in [4.69, 9.17) is 9.47 Å². The van der Waals surface area contributed by atoms with Crippen LogP contribution in [0.5, 0.6) is 11.5 Å². The maximum Gasteiger partial charge on any atom is 0.251 e. The highest BCUT2D eigenvalue weighted by atomic mass is 16.5. The van der Waals surface area contributed by atoms with Gasteiger partial charge in [0.1, 0.15) is 0 Å². The van der Waals surface area contributed by atoms with Gasteiger partial charge in [-0.2, -0.15) is 0 Å². The van der Waals surface area contributed by atoms with Crippen LogP contribution in [0.3, 0.4) is 0 Å². The lowest BCUT2D eigenvalue weighted by molar-refractivity contribution is 0.0948. The Hall–Kier alpha value is -3.02. The van der Waals surface area contributed by atoms with E-state index in [1.807, 2.05) is 19.9 Å². The molecule has 0 fully saturated rings. The summed E-state index contributed by atoms with van der Waals surface area (Å²) in [7, 11) is 1.59. The molecule has 0 saturated heterocycles. The Kier molecular flexibility index (Phi) is 8.34. The lowest BCUT2D eigenvalue weighted by Gasteiger charge is -2.14. The summed E-state index contributed by atoms with van der Waals surface area (Å²) in [5.41, 5.74) is 1.90. The summed E-state index contributed by atoms with van der Waals surface area (Å²) < 4.78 is 11.4. The Morgan fingerprint density at radius 1 is 0.857 bits per heavy atom. The summed E-state index contributed by atoms with van der Waals surface area (Å²) in [6.07, 6.45) is 1.76. The van der Waals surface area contributed by atoms with E-state index < -0.39 is 0 Å². The molecule has 0 heterocycles. The SMILES string of the molecule is CCCOc1ccc(C(=O)NCc2cccc(C(=O)NC)c2)cc1OCCC. The van der Waals surface area contributed by atoms with Crippen molar-refractivity contribution >= 4 is 11.8 Å². The van der Waals surface area contributed by atoms with Crippen molar-refractivity contribution < 1.29 is 19.1 Å². The molecule has 2 aromatic rings. The summed E-state index contributed by atoms with van der Waals surface area (Å²) >= 11 is 0. The van der Waals surface area contributed by atoms with Gasteiger partial charge in [-0.25, -0.2) is 0 Å². The molecule has 0 spiro atoms. The number of carbonyl (C=O) groups excluding carboxylic acids is 2. The average Bonchev–Trinajstić information content (AvgIpc) is 2.74. The second-order valence-electron chi connectivity index (χ2n) is 6.32. The molecule has 6 nitrogen and oxygen atoms in total. The third-order valence-corrected chi connectivity index (χ3v) is 4.00. The molecule has 2 amide bonds. The molecule has 0 saturated carbocycles. The van der Waals surface area contributed by atoms with Crippen molar-refractivity contribution in [2.45, 2.75) is 33.2 Å². The lowest BCUT2D eigenvalue weighted by Crippen LogP contribution is -2.23. The first-order chi connectivity index (χ1) is 13.6. The molecule has 0 aliphatic rings. The van der Waals surface area contributed by atoms with Gasteiger partial charge in [0, 0.05) is 24.7 Å². The van der Waals surface area contributed by atoms with E-state index in [0.717, 1.165) is 18.4 Å². The van der Waals surface area contributed by atoms with Gasteiger partial charge in [0.05, 0.1) is 13.2 Å². The van der Waals surface area contributed by atoms with Crippen molar-refractivity contribution in [3.05, 3.63) is 59.2 Å². The minimum atomic E-state index is -0.214. The molecular formula is C22H28N2O4. The Labute approximate surface area is 166 Å². The first-order valence-electron chi connectivity index (χ1n) is 9.57. The molecule has 2 rings (SSSR count). The van der Waals surface area contributed by atoms with Crippen LogP contribution in [-0.4, -0.2) is 32.1 Å². The van der Waals surface area contributed by atoms with Crippen molar-refractivity contribution in [1.29, 1.82) is 0 Å². The number of hydrogen-bond acceptors (Lipinski definition) is 4. The standard InChI is InChI=1S/C22H28N2O4/c1-4-11-27-19-10-9-18(14-20(19)28-12-5-2)22(26)24-15-16-7-6-8-17(13-16)21(25)23-3/h6-10,13-14H,4-5,11-12,15H2,1-3H3,(H,23,25)(H,24,26). The van der Waals surface area contributed by atoms with Crippen LogP contribution in [0, 0.1) is 0 Å². The number of amides is 2. The molecular weight excluding hydrogens is 356 g/mol. The Balaban J connectivity index is 2.08. The molecule has 28 heavy (non-hydrogen) atoms. The van der Waals surface area contributed by atoms with Gasteiger partial charge < -0.3 is 20.1 Å². The van der Waals surface area contributed by atoms with Crippen LogP contribution in [0.15, 0.2) is 42.5 Å². The average molecular weight is 384 g/mol. The summed E-state index contributed by atoms with van der Waals surface area (Å²) in [5.74, 6) is 0.844. The van der Waals surface area contributed by atoms with Crippen molar-refractivity contribution in [2.75, 3.05) is 20.3 Å². The molecule has 2 N–H and O–H groups in total. The van der Waals surface area contributed by atoms with Crippen LogP contribution in [0.4, 0.5) is 0 Å². The molecule has 0 unspecified atom stereocenters. The van der Waals surface area contributed by atoms with E-state index in [-0.39, 0.29) is 11.8 Å². The number of rotatable bonds is 10. The second-order valence-corrected chi connectivity index (χ2v) is 6.32. The maximum atomic E-state index is 12.6. The monoisotopic (exact) mass is 384 g/mol. The fourth-order valence-electron chi connectivity index (χ4n) is 2.56. The fraction of sp³-hybridized carbons (Fsp3) is 0.364. The van der Waals surface area contributed by atoms with E-state index in [2.05, 4.69) is 10.6 Å². The first-order valence-corrected chi connectivity index (χ1v) is 9.57. The topological polar surface area (TPSA) is 76.7 Å². The number of ether oxygens (including phenoxy) is 2. The van der Waals surface area contributed by atoms with Gasteiger partial charge in [0.2, 0.25) is 0 Å². The molecule has 0 atom stereocenters. The molecule has 6 heteroatoms. The van der Waals surface area contributed by atoms with Crippen molar-refractivity contribution in [1.82, 2.24) is 10.6 Å². The largest absolute Gasteiger partial charge is 0.490 e. The summed E-state index contributed by atoms with van der Waals surface area (Å²) in [6.45, 7) is 5.53. The molecule has 0 radical (unpaired) electrons. The van der Waals surface area contributed by atoms with Crippen LogP contribution in [-0.2, 0) is 6.54 Å². The molecule has 0 bridgehead atoms. The second kappa shape index (κ2) is 11.0. The summed E-state index contributed by atoms with van der Waals surface area (Å²) in [6, 6.07) is 12.3. The molecule has 0 aromatic heterocycles. The zero-order chi connectivity index (χ0) is 20.4. The van der Waals surface area contributed by atoms with Crippen LogP contribution in [0.1, 0.15) is 53.0 Å². The van der Waals surface area contributed by atoms with E-state index in [1.165, 1.54) is 0 Å². The fourth-order valence-corrected chi connectivity index (χ4v) is 2.56. The molecule has 0 aliphatic carbocycles. The Morgan fingerprint density at radius 2 is 1.54 bits per heavy atom. The van der Waals surface area contributed by atoms with Crippen LogP contribution >= 0.6 is 0 Å².